The molecule has 0 fully saturated rings. The average Bonchev–Trinajstić information content (AvgIpc) is 1.87. The van der Waals surface area contributed by atoms with Gasteiger partial charge in [0, 0.05) is 11.5 Å². The molecule has 0 aliphatic heterocycles. The number of thiol groups is 1. The Morgan fingerprint density at radius 3 is 2.80 bits per heavy atom. The van der Waals surface area contributed by atoms with E-state index in [1.54, 1.807) is 0 Å². The molecule has 10 heavy (non-hydrogen) atoms. The summed E-state index contributed by atoms with van der Waals surface area (Å²) in [6.45, 7) is 0.345. The maximum atomic E-state index is 9.74. The minimum absolute atomic E-state index is 0.0811. The zero-order valence-corrected chi connectivity index (χ0v) is 6.03. The molecule has 7 heteroatoms. The fourth-order valence-corrected chi connectivity index (χ4v) is 0.597. The summed E-state index contributed by atoms with van der Waals surface area (Å²) in [5.74, 6) is 0. The summed E-state index contributed by atoms with van der Waals surface area (Å²) in [5.41, 5.74) is 7.77. The molecule has 0 atom stereocenters. The standard InChI is InChI=1S/C3H7N3O3S/c4-6-5-2-1-3-9-10(7)8/h10H,1-3H2. The van der Waals surface area contributed by atoms with Gasteiger partial charge in [-0.3, -0.25) is 4.18 Å². The second-order valence-electron chi connectivity index (χ2n) is 1.36. The molecule has 0 heterocycles. The van der Waals surface area contributed by atoms with E-state index in [-0.39, 0.29) is 13.2 Å². The molecule has 0 spiro atoms. The summed E-state index contributed by atoms with van der Waals surface area (Å²) >= 11 is 0. The topological polar surface area (TPSA) is 92.1 Å². The lowest BCUT2D eigenvalue weighted by Gasteiger charge is -1.89. The van der Waals surface area contributed by atoms with E-state index in [1.807, 2.05) is 0 Å². The number of rotatable bonds is 5. The number of hydrogen-bond acceptors (Lipinski definition) is 4. The van der Waals surface area contributed by atoms with Gasteiger partial charge in [0.2, 0.25) is 0 Å². The second-order valence-corrected chi connectivity index (χ2v) is 2.07. The van der Waals surface area contributed by atoms with Crippen molar-refractivity contribution in [2.24, 2.45) is 5.11 Å². The van der Waals surface area contributed by atoms with Gasteiger partial charge in [0.05, 0.1) is 6.61 Å². The van der Waals surface area contributed by atoms with Crippen molar-refractivity contribution in [2.45, 2.75) is 6.42 Å². The van der Waals surface area contributed by atoms with Crippen LogP contribution in [0.25, 0.3) is 10.4 Å². The van der Waals surface area contributed by atoms with E-state index in [0.29, 0.717) is 6.42 Å². The molecule has 0 bridgehead atoms. The Morgan fingerprint density at radius 1 is 1.60 bits per heavy atom. The first kappa shape index (κ1) is 9.22. The highest BCUT2D eigenvalue weighted by molar-refractivity contribution is 7.67. The summed E-state index contributed by atoms with van der Waals surface area (Å²) in [7, 11) is -2.76. The summed E-state index contributed by atoms with van der Waals surface area (Å²) in [4.78, 5) is 2.47. The van der Waals surface area contributed by atoms with E-state index < -0.39 is 11.0 Å². The van der Waals surface area contributed by atoms with Crippen LogP contribution in [-0.4, -0.2) is 21.6 Å². The lowest BCUT2D eigenvalue weighted by atomic mass is 10.5. The minimum Gasteiger partial charge on any atom is -0.272 e. The van der Waals surface area contributed by atoms with Crippen LogP contribution in [0.2, 0.25) is 0 Å². The first-order chi connectivity index (χ1) is 4.77. The average molecular weight is 165 g/mol. The van der Waals surface area contributed by atoms with Gasteiger partial charge in [0.1, 0.15) is 0 Å². The highest BCUT2D eigenvalue weighted by Gasteiger charge is 1.85. The normalized spacial score (nSPS) is 9.30. The SMILES string of the molecule is [N-]=[N+]=NCCCO[SH](=O)=O. The van der Waals surface area contributed by atoms with Crippen LogP contribution in [0.15, 0.2) is 5.11 Å². The Labute approximate surface area is 59.6 Å². The van der Waals surface area contributed by atoms with Gasteiger partial charge in [-0.1, -0.05) is 5.11 Å². The molecule has 0 N–H and O–H groups in total. The molecule has 0 radical (unpaired) electrons. The molecule has 0 aromatic rings. The number of azide groups is 1. The summed E-state index contributed by atoms with van der Waals surface area (Å²) in [5, 5.41) is 3.17. The van der Waals surface area contributed by atoms with Crippen LogP contribution in [0.5, 0.6) is 0 Å². The van der Waals surface area contributed by atoms with Crippen molar-refractivity contribution in [1.82, 2.24) is 0 Å². The first-order valence-electron chi connectivity index (χ1n) is 2.55. The third kappa shape index (κ3) is 7.22. The Hall–Kier alpha value is -0.780. The Bertz CT molecular complexity index is 187. The molecule has 58 valence electrons. The fourth-order valence-electron chi connectivity index (χ4n) is 0.319. The molecular weight excluding hydrogens is 158 g/mol. The van der Waals surface area contributed by atoms with Crippen LogP contribution in [-0.2, 0) is 15.2 Å². The predicted molar refractivity (Wildman–Crippen MR) is 34.9 cm³/mol. The van der Waals surface area contributed by atoms with E-state index in [0.717, 1.165) is 0 Å². The Morgan fingerprint density at radius 2 is 2.30 bits per heavy atom. The summed E-state index contributed by atoms with van der Waals surface area (Å²) in [6, 6.07) is 0. The van der Waals surface area contributed by atoms with E-state index >= 15 is 0 Å². The Kier molecular flexibility index (Phi) is 5.85. The fraction of sp³-hybridized carbons (Fsp3) is 1.00. The molecule has 0 saturated carbocycles. The molecule has 0 aliphatic rings. The number of hydrogen-bond donors (Lipinski definition) is 1. The van der Waals surface area contributed by atoms with Crippen LogP contribution in [0.4, 0.5) is 0 Å². The van der Waals surface area contributed by atoms with Gasteiger partial charge in [-0.15, -0.1) is 0 Å². The molecule has 0 aliphatic carbocycles. The zero-order valence-electron chi connectivity index (χ0n) is 5.13. The van der Waals surface area contributed by atoms with Gasteiger partial charge in [-0.05, 0) is 12.0 Å². The van der Waals surface area contributed by atoms with Crippen LogP contribution >= 0.6 is 0 Å². The van der Waals surface area contributed by atoms with Crippen molar-refractivity contribution in [2.75, 3.05) is 13.2 Å². The monoisotopic (exact) mass is 165 g/mol. The predicted octanol–water partition coefficient (Wildman–Crippen LogP) is 0.230. The minimum atomic E-state index is -2.76. The van der Waals surface area contributed by atoms with Crippen LogP contribution < -0.4 is 0 Å². The van der Waals surface area contributed by atoms with Crippen LogP contribution in [0.3, 0.4) is 0 Å². The third-order valence-corrected chi connectivity index (χ3v) is 1.06. The first-order valence-corrected chi connectivity index (χ1v) is 3.65. The van der Waals surface area contributed by atoms with Gasteiger partial charge in [-0.2, -0.15) is 0 Å². The molecule has 0 saturated heterocycles. The second kappa shape index (κ2) is 6.34. The lowest BCUT2D eigenvalue weighted by molar-refractivity contribution is 0.329. The molecule has 0 aromatic carbocycles. The van der Waals surface area contributed by atoms with E-state index in [9.17, 15) is 8.42 Å². The smallest absolute Gasteiger partial charge is 0.257 e. The molecule has 0 rings (SSSR count). The van der Waals surface area contributed by atoms with Gasteiger partial charge >= 0.3 is 0 Å². The third-order valence-electron chi connectivity index (χ3n) is 0.662. The van der Waals surface area contributed by atoms with E-state index in [4.69, 9.17) is 5.53 Å². The molecule has 0 aromatic heterocycles. The van der Waals surface area contributed by atoms with Crippen molar-refractivity contribution in [3.05, 3.63) is 10.4 Å². The van der Waals surface area contributed by atoms with Gasteiger partial charge < -0.3 is 0 Å². The maximum absolute atomic E-state index is 9.74. The zero-order chi connectivity index (χ0) is 7.82. The van der Waals surface area contributed by atoms with Crippen molar-refractivity contribution in [3.8, 4) is 0 Å². The highest BCUT2D eigenvalue weighted by atomic mass is 32.2. The highest BCUT2D eigenvalue weighted by Crippen LogP contribution is 1.83. The molecular formula is C3H7N3O3S. The van der Waals surface area contributed by atoms with Crippen LogP contribution in [0, 0.1) is 0 Å². The van der Waals surface area contributed by atoms with Crippen molar-refractivity contribution in [3.63, 3.8) is 0 Å². The maximum Gasteiger partial charge on any atom is 0.257 e. The quantitative estimate of drug-likeness (QED) is 0.208. The number of nitrogens with zero attached hydrogens (tertiary/aromatic N) is 3. The summed E-state index contributed by atoms with van der Waals surface area (Å²) in [6.07, 6.45) is 0.424. The molecule has 0 unspecified atom stereocenters. The van der Waals surface area contributed by atoms with E-state index in [2.05, 4.69) is 14.2 Å². The van der Waals surface area contributed by atoms with Crippen molar-refractivity contribution in [1.29, 1.82) is 0 Å². The van der Waals surface area contributed by atoms with Crippen molar-refractivity contribution >= 4 is 11.0 Å². The molecule has 6 nitrogen and oxygen atoms in total. The van der Waals surface area contributed by atoms with Gasteiger partial charge in [0.25, 0.3) is 11.0 Å². The lowest BCUT2D eigenvalue weighted by Crippen LogP contribution is -1.93. The Balaban J connectivity index is 3.13. The molecule has 0 amide bonds. The van der Waals surface area contributed by atoms with Gasteiger partial charge in [0.15, 0.2) is 0 Å². The van der Waals surface area contributed by atoms with Crippen LogP contribution in [0.1, 0.15) is 6.42 Å². The largest absolute Gasteiger partial charge is 0.272 e. The summed E-state index contributed by atoms with van der Waals surface area (Å²) < 4.78 is 23.6. The van der Waals surface area contributed by atoms with E-state index in [1.165, 1.54) is 0 Å². The van der Waals surface area contributed by atoms with Crippen molar-refractivity contribution < 1.29 is 12.6 Å². The van der Waals surface area contributed by atoms with Gasteiger partial charge in [-0.25, -0.2) is 8.42 Å².